The average molecular weight is 374 g/mol. The minimum absolute atomic E-state index is 0.0300. The highest BCUT2D eigenvalue weighted by Gasteiger charge is 2.33. The molecule has 0 aromatic heterocycles. The Kier molecular flexibility index (Phi) is 5.27. The third-order valence-electron chi connectivity index (χ3n) is 5.84. The van der Waals surface area contributed by atoms with Gasteiger partial charge in [0.15, 0.2) is 0 Å². The van der Waals surface area contributed by atoms with Crippen molar-refractivity contribution in [3.8, 4) is 0 Å². The zero-order chi connectivity index (χ0) is 18.8. The van der Waals surface area contributed by atoms with Gasteiger partial charge in [-0.25, -0.2) is 0 Å². The molecular weight excluding hydrogens is 348 g/mol. The van der Waals surface area contributed by atoms with Crippen molar-refractivity contribution in [2.75, 3.05) is 57.4 Å². The summed E-state index contributed by atoms with van der Waals surface area (Å²) < 4.78 is 5.53. The zero-order valence-corrected chi connectivity index (χ0v) is 15.5. The molecule has 8 heteroatoms. The molecule has 0 saturated carbocycles. The molecule has 0 unspecified atom stereocenters. The summed E-state index contributed by atoms with van der Waals surface area (Å²) >= 11 is 0. The second kappa shape index (κ2) is 7.82. The first-order valence-electron chi connectivity index (χ1n) is 9.78. The molecule has 27 heavy (non-hydrogen) atoms. The number of nitrogens with zero attached hydrogens (tertiary/aromatic N) is 4. The van der Waals surface area contributed by atoms with E-state index in [0.29, 0.717) is 30.9 Å². The highest BCUT2D eigenvalue weighted by Crippen LogP contribution is 2.32. The molecule has 3 heterocycles. The second-order valence-corrected chi connectivity index (χ2v) is 7.52. The predicted molar refractivity (Wildman–Crippen MR) is 101 cm³/mol. The SMILES string of the molecule is O=C(c1ccc(N2CCCCC2)c([N+](=O)[O-])c1)N1CCN2CCOC[C@@H]2C1. The summed E-state index contributed by atoms with van der Waals surface area (Å²) in [5.41, 5.74) is 1.05. The van der Waals surface area contributed by atoms with Crippen LogP contribution >= 0.6 is 0 Å². The van der Waals surface area contributed by atoms with E-state index in [9.17, 15) is 14.9 Å². The lowest BCUT2D eigenvalue weighted by molar-refractivity contribution is -0.384. The van der Waals surface area contributed by atoms with Crippen molar-refractivity contribution in [2.45, 2.75) is 25.3 Å². The molecule has 0 aliphatic carbocycles. The van der Waals surface area contributed by atoms with Gasteiger partial charge in [0.25, 0.3) is 11.6 Å². The molecule has 0 N–H and O–H groups in total. The van der Waals surface area contributed by atoms with E-state index in [2.05, 4.69) is 9.80 Å². The number of hydrogen-bond donors (Lipinski definition) is 0. The van der Waals surface area contributed by atoms with Crippen molar-refractivity contribution in [1.82, 2.24) is 9.80 Å². The largest absolute Gasteiger partial charge is 0.378 e. The highest BCUT2D eigenvalue weighted by atomic mass is 16.6. The topological polar surface area (TPSA) is 79.2 Å². The van der Waals surface area contributed by atoms with Crippen molar-refractivity contribution in [3.63, 3.8) is 0 Å². The number of piperazine rings is 1. The van der Waals surface area contributed by atoms with E-state index in [4.69, 9.17) is 4.74 Å². The van der Waals surface area contributed by atoms with Crippen LogP contribution in [0.4, 0.5) is 11.4 Å². The summed E-state index contributed by atoms with van der Waals surface area (Å²) in [7, 11) is 0. The number of nitro groups is 1. The van der Waals surface area contributed by atoms with E-state index in [1.807, 2.05) is 0 Å². The van der Waals surface area contributed by atoms with Gasteiger partial charge in [-0.3, -0.25) is 19.8 Å². The quantitative estimate of drug-likeness (QED) is 0.592. The number of fused-ring (bicyclic) bond motifs is 1. The Morgan fingerprint density at radius 1 is 1.11 bits per heavy atom. The fraction of sp³-hybridized carbons (Fsp3) is 0.632. The van der Waals surface area contributed by atoms with Gasteiger partial charge >= 0.3 is 0 Å². The number of hydrogen-bond acceptors (Lipinski definition) is 6. The molecule has 0 radical (unpaired) electrons. The fourth-order valence-electron chi connectivity index (χ4n) is 4.32. The van der Waals surface area contributed by atoms with Crippen LogP contribution in [0, 0.1) is 10.1 Å². The molecule has 3 fully saturated rings. The van der Waals surface area contributed by atoms with Crippen LogP contribution in [0.25, 0.3) is 0 Å². The lowest BCUT2D eigenvalue weighted by atomic mass is 10.1. The fourth-order valence-corrected chi connectivity index (χ4v) is 4.32. The Hall–Kier alpha value is -2.19. The van der Waals surface area contributed by atoms with Crippen LogP contribution in [0.15, 0.2) is 18.2 Å². The van der Waals surface area contributed by atoms with Crippen molar-refractivity contribution in [2.24, 2.45) is 0 Å². The van der Waals surface area contributed by atoms with Gasteiger partial charge in [0.2, 0.25) is 0 Å². The third-order valence-corrected chi connectivity index (χ3v) is 5.84. The molecule has 1 atom stereocenters. The van der Waals surface area contributed by atoms with Crippen LogP contribution in [-0.4, -0.2) is 79.2 Å². The van der Waals surface area contributed by atoms with Gasteiger partial charge in [0, 0.05) is 50.9 Å². The monoisotopic (exact) mass is 374 g/mol. The lowest BCUT2D eigenvalue weighted by Crippen LogP contribution is -2.59. The van der Waals surface area contributed by atoms with Gasteiger partial charge in [0.1, 0.15) is 5.69 Å². The van der Waals surface area contributed by atoms with Gasteiger partial charge in [-0.15, -0.1) is 0 Å². The van der Waals surface area contributed by atoms with Gasteiger partial charge in [-0.2, -0.15) is 0 Å². The Balaban J connectivity index is 1.53. The standard InChI is InChI=1S/C19H26N4O4/c24-19(22-9-8-20-10-11-27-14-16(20)13-22)15-4-5-17(18(12-15)23(25)26)21-6-2-1-3-7-21/h4-5,12,16H,1-3,6-11,13-14H2/t16-/m0/s1. The third kappa shape index (κ3) is 3.77. The summed E-state index contributed by atoms with van der Waals surface area (Å²) in [4.78, 5) is 30.5. The number of morpholine rings is 1. The van der Waals surface area contributed by atoms with Gasteiger partial charge in [0.05, 0.1) is 24.2 Å². The van der Waals surface area contributed by atoms with Crippen LogP contribution in [0.5, 0.6) is 0 Å². The first-order chi connectivity index (χ1) is 13.1. The Morgan fingerprint density at radius 2 is 1.93 bits per heavy atom. The molecule has 1 amide bonds. The van der Waals surface area contributed by atoms with Crippen LogP contribution in [0.1, 0.15) is 29.6 Å². The van der Waals surface area contributed by atoms with Crippen LogP contribution in [0.3, 0.4) is 0 Å². The normalized spacial score (nSPS) is 23.8. The molecule has 3 aliphatic heterocycles. The van der Waals surface area contributed by atoms with E-state index < -0.39 is 0 Å². The smallest absolute Gasteiger partial charge is 0.293 e. The van der Waals surface area contributed by atoms with Crippen molar-refractivity contribution >= 4 is 17.3 Å². The number of nitro benzene ring substituents is 1. The van der Waals surface area contributed by atoms with Gasteiger partial charge in [-0.05, 0) is 31.4 Å². The van der Waals surface area contributed by atoms with E-state index in [1.165, 1.54) is 6.07 Å². The maximum absolute atomic E-state index is 13.0. The van der Waals surface area contributed by atoms with Crippen LogP contribution < -0.4 is 4.90 Å². The minimum Gasteiger partial charge on any atom is -0.378 e. The molecular formula is C19H26N4O4. The summed E-state index contributed by atoms with van der Waals surface area (Å²) in [6.07, 6.45) is 3.26. The first-order valence-corrected chi connectivity index (χ1v) is 9.78. The number of anilines is 1. The van der Waals surface area contributed by atoms with Gasteiger partial charge < -0.3 is 14.5 Å². The minimum atomic E-state index is -0.367. The van der Waals surface area contributed by atoms with Crippen LogP contribution in [0.2, 0.25) is 0 Å². The molecule has 4 rings (SSSR count). The number of rotatable bonds is 3. The molecule has 0 bridgehead atoms. The zero-order valence-electron chi connectivity index (χ0n) is 15.5. The predicted octanol–water partition coefficient (Wildman–Crippen LogP) is 1.74. The molecule has 146 valence electrons. The highest BCUT2D eigenvalue weighted by molar-refractivity contribution is 5.96. The van der Waals surface area contributed by atoms with Crippen molar-refractivity contribution in [3.05, 3.63) is 33.9 Å². The Bertz CT molecular complexity index is 720. The summed E-state index contributed by atoms with van der Waals surface area (Å²) in [6.45, 7) is 6.04. The first kappa shape index (κ1) is 18.2. The summed E-state index contributed by atoms with van der Waals surface area (Å²) in [6, 6.07) is 5.16. The lowest BCUT2D eigenvalue weighted by Gasteiger charge is -2.43. The number of piperidine rings is 1. The number of benzene rings is 1. The van der Waals surface area contributed by atoms with Crippen molar-refractivity contribution in [1.29, 1.82) is 0 Å². The Labute approximate surface area is 158 Å². The van der Waals surface area contributed by atoms with E-state index >= 15 is 0 Å². The maximum Gasteiger partial charge on any atom is 0.293 e. The molecule has 8 nitrogen and oxygen atoms in total. The second-order valence-electron chi connectivity index (χ2n) is 7.52. The molecule has 1 aromatic rings. The van der Waals surface area contributed by atoms with E-state index in [0.717, 1.165) is 52.0 Å². The van der Waals surface area contributed by atoms with Gasteiger partial charge in [-0.1, -0.05) is 0 Å². The average Bonchev–Trinajstić information content (AvgIpc) is 2.73. The van der Waals surface area contributed by atoms with Crippen LogP contribution in [-0.2, 0) is 4.74 Å². The molecule has 1 aromatic carbocycles. The molecule has 0 spiro atoms. The summed E-state index contributed by atoms with van der Waals surface area (Å²) in [5, 5.41) is 11.6. The van der Waals surface area contributed by atoms with E-state index in [-0.39, 0.29) is 22.6 Å². The number of carbonyl (C=O) groups excluding carboxylic acids is 1. The van der Waals surface area contributed by atoms with E-state index in [1.54, 1.807) is 17.0 Å². The maximum atomic E-state index is 13.0. The number of amides is 1. The number of ether oxygens (including phenoxy) is 1. The van der Waals surface area contributed by atoms with Crippen molar-refractivity contribution < 1.29 is 14.5 Å². The number of carbonyl (C=O) groups is 1. The molecule has 3 aliphatic rings. The Morgan fingerprint density at radius 3 is 2.70 bits per heavy atom. The summed E-state index contributed by atoms with van der Waals surface area (Å²) in [5.74, 6) is -0.131. The molecule has 3 saturated heterocycles.